The van der Waals surface area contributed by atoms with Crippen molar-refractivity contribution in [3.05, 3.63) is 17.8 Å². The van der Waals surface area contributed by atoms with Crippen molar-refractivity contribution in [2.75, 3.05) is 0 Å². The average Bonchev–Trinajstić information content (AvgIpc) is 2.66. The molecule has 2 aromatic rings. The van der Waals surface area contributed by atoms with Crippen LogP contribution in [0.15, 0.2) is 22.8 Å². The van der Waals surface area contributed by atoms with Crippen molar-refractivity contribution in [1.82, 2.24) is 9.97 Å². The Labute approximate surface area is 91.8 Å². The van der Waals surface area contributed by atoms with Crippen molar-refractivity contribution in [2.24, 2.45) is 0 Å². The molecule has 0 saturated carbocycles. The monoisotopic (exact) mass is 224 g/mol. The Morgan fingerprint density at radius 1 is 1.50 bits per heavy atom. The zero-order valence-electron chi connectivity index (χ0n) is 8.23. The molecular weight excluding hydrogens is 212 g/mol. The normalized spacial score (nSPS) is 13.3. The van der Waals surface area contributed by atoms with Crippen molar-refractivity contribution in [2.45, 2.75) is 30.5 Å². The summed E-state index contributed by atoms with van der Waals surface area (Å²) < 4.78 is 0. The topological polar surface area (TPSA) is 25.8 Å². The van der Waals surface area contributed by atoms with Gasteiger partial charge in [0.25, 0.3) is 0 Å². The van der Waals surface area contributed by atoms with Crippen LogP contribution in [0.4, 0.5) is 0 Å². The molecular formula is C10H12N2S2. The molecule has 0 aromatic carbocycles. The number of hydrogen-bond donors (Lipinski definition) is 0. The maximum Gasteiger partial charge on any atom is 0.127 e. The summed E-state index contributed by atoms with van der Waals surface area (Å²) in [5.74, 6) is 0. The van der Waals surface area contributed by atoms with Crippen LogP contribution in [0.25, 0.3) is 10.2 Å². The molecule has 4 heteroatoms. The number of aromatic nitrogens is 2. The summed E-state index contributed by atoms with van der Waals surface area (Å²) in [4.78, 5) is 9.64. The van der Waals surface area contributed by atoms with Gasteiger partial charge in [0.1, 0.15) is 16.2 Å². The van der Waals surface area contributed by atoms with E-state index < -0.39 is 0 Å². The van der Waals surface area contributed by atoms with E-state index in [1.54, 1.807) is 17.7 Å². The highest BCUT2D eigenvalue weighted by atomic mass is 32.2. The lowest BCUT2D eigenvalue weighted by molar-refractivity contribution is 0.901. The Morgan fingerprint density at radius 2 is 2.36 bits per heavy atom. The third-order valence-electron chi connectivity index (χ3n) is 2.11. The van der Waals surface area contributed by atoms with Crippen LogP contribution in [0.2, 0.25) is 0 Å². The molecule has 0 aliphatic heterocycles. The van der Waals surface area contributed by atoms with Gasteiger partial charge in [-0.1, -0.05) is 13.8 Å². The van der Waals surface area contributed by atoms with Gasteiger partial charge in [-0.3, -0.25) is 0 Å². The van der Waals surface area contributed by atoms with E-state index in [4.69, 9.17) is 0 Å². The van der Waals surface area contributed by atoms with E-state index in [-0.39, 0.29) is 0 Å². The van der Waals surface area contributed by atoms with Crippen molar-refractivity contribution in [3.63, 3.8) is 0 Å². The minimum Gasteiger partial charge on any atom is -0.229 e. The second kappa shape index (κ2) is 4.28. The smallest absolute Gasteiger partial charge is 0.127 e. The van der Waals surface area contributed by atoms with E-state index in [0.717, 1.165) is 9.86 Å². The zero-order chi connectivity index (χ0) is 9.97. The number of nitrogens with zero attached hydrogens (tertiary/aromatic N) is 2. The van der Waals surface area contributed by atoms with Gasteiger partial charge in [-0.15, -0.1) is 23.1 Å². The van der Waals surface area contributed by atoms with E-state index in [9.17, 15) is 0 Å². The Balaban J connectivity index is 2.36. The maximum absolute atomic E-state index is 4.33. The van der Waals surface area contributed by atoms with Crippen molar-refractivity contribution in [1.29, 1.82) is 0 Å². The van der Waals surface area contributed by atoms with Crippen LogP contribution in [-0.4, -0.2) is 15.2 Å². The van der Waals surface area contributed by atoms with E-state index in [1.807, 2.05) is 11.8 Å². The van der Waals surface area contributed by atoms with Gasteiger partial charge in [0, 0.05) is 10.6 Å². The Morgan fingerprint density at radius 3 is 3.14 bits per heavy atom. The Bertz CT molecular complexity index is 425. The van der Waals surface area contributed by atoms with E-state index in [0.29, 0.717) is 5.25 Å². The second-order valence-corrected chi connectivity index (χ2v) is 5.48. The van der Waals surface area contributed by atoms with Crippen LogP contribution in [-0.2, 0) is 0 Å². The van der Waals surface area contributed by atoms with Crippen molar-refractivity contribution < 1.29 is 0 Å². The molecule has 0 bridgehead atoms. The molecule has 0 amide bonds. The molecule has 0 spiro atoms. The quantitative estimate of drug-likeness (QED) is 0.588. The molecule has 1 unspecified atom stereocenters. The first-order valence-electron chi connectivity index (χ1n) is 4.66. The highest BCUT2D eigenvalue weighted by Crippen LogP contribution is 2.30. The average molecular weight is 224 g/mol. The van der Waals surface area contributed by atoms with Crippen molar-refractivity contribution >= 4 is 33.3 Å². The molecule has 2 rings (SSSR count). The summed E-state index contributed by atoms with van der Waals surface area (Å²) in [5, 5.41) is 5.00. The molecule has 0 radical (unpaired) electrons. The molecule has 0 saturated heterocycles. The lowest BCUT2D eigenvalue weighted by Gasteiger charge is -2.07. The minimum atomic E-state index is 0.619. The number of fused-ring (bicyclic) bond motifs is 1. The van der Waals surface area contributed by atoms with Crippen LogP contribution in [0.1, 0.15) is 20.3 Å². The molecule has 2 nitrogen and oxygen atoms in total. The van der Waals surface area contributed by atoms with Gasteiger partial charge in [-0.2, -0.15) is 0 Å². The van der Waals surface area contributed by atoms with Gasteiger partial charge < -0.3 is 0 Å². The number of rotatable bonds is 3. The second-order valence-electron chi connectivity index (χ2n) is 3.15. The third kappa shape index (κ3) is 1.91. The number of thiophene rings is 1. The standard InChI is InChI=1S/C10H12N2S2/c1-3-7(2)14-10-8-4-5-13-9(8)11-6-12-10/h4-7H,3H2,1-2H3. The highest BCUT2D eigenvalue weighted by Gasteiger charge is 2.08. The fraction of sp³-hybridized carbons (Fsp3) is 0.400. The SMILES string of the molecule is CCC(C)Sc1ncnc2sccc12. The van der Waals surface area contributed by atoms with Crippen LogP contribution in [0.3, 0.4) is 0 Å². The van der Waals surface area contributed by atoms with Crippen LogP contribution >= 0.6 is 23.1 Å². The van der Waals surface area contributed by atoms with Gasteiger partial charge in [0.15, 0.2) is 0 Å². The van der Waals surface area contributed by atoms with Gasteiger partial charge in [0.05, 0.1) is 0 Å². The van der Waals surface area contributed by atoms with E-state index >= 15 is 0 Å². The third-order valence-corrected chi connectivity index (χ3v) is 4.22. The summed E-state index contributed by atoms with van der Waals surface area (Å²) in [6, 6.07) is 2.10. The molecule has 0 aliphatic carbocycles. The van der Waals surface area contributed by atoms with Gasteiger partial charge >= 0.3 is 0 Å². The summed E-state index contributed by atoms with van der Waals surface area (Å²) in [6.07, 6.45) is 2.82. The lowest BCUT2D eigenvalue weighted by Crippen LogP contribution is -1.94. The molecule has 1 atom stereocenters. The lowest BCUT2D eigenvalue weighted by atomic mass is 10.4. The predicted molar refractivity (Wildman–Crippen MR) is 63.0 cm³/mol. The molecule has 2 aromatic heterocycles. The van der Waals surface area contributed by atoms with E-state index in [1.165, 1.54) is 11.8 Å². The first-order valence-corrected chi connectivity index (χ1v) is 6.42. The Hall–Kier alpha value is -0.610. The molecule has 0 aliphatic rings. The molecule has 0 fully saturated rings. The molecule has 0 N–H and O–H groups in total. The van der Waals surface area contributed by atoms with Gasteiger partial charge in [-0.25, -0.2) is 9.97 Å². The molecule has 14 heavy (non-hydrogen) atoms. The van der Waals surface area contributed by atoms with Crippen LogP contribution in [0.5, 0.6) is 0 Å². The first kappa shape index (κ1) is 9.93. The first-order chi connectivity index (χ1) is 6.81. The van der Waals surface area contributed by atoms with E-state index in [2.05, 4.69) is 35.3 Å². The van der Waals surface area contributed by atoms with Crippen LogP contribution in [0, 0.1) is 0 Å². The zero-order valence-corrected chi connectivity index (χ0v) is 9.86. The molecule has 74 valence electrons. The Kier molecular flexibility index (Phi) is 3.03. The fourth-order valence-corrected chi connectivity index (χ4v) is 2.88. The summed E-state index contributed by atoms with van der Waals surface area (Å²) in [5.41, 5.74) is 0. The van der Waals surface area contributed by atoms with Crippen LogP contribution < -0.4 is 0 Å². The number of hydrogen-bond acceptors (Lipinski definition) is 4. The number of thioether (sulfide) groups is 1. The van der Waals surface area contributed by atoms with Gasteiger partial charge in [-0.05, 0) is 17.9 Å². The maximum atomic E-state index is 4.33. The highest BCUT2D eigenvalue weighted by molar-refractivity contribution is 8.00. The largest absolute Gasteiger partial charge is 0.229 e. The molecule has 2 heterocycles. The predicted octanol–water partition coefficient (Wildman–Crippen LogP) is 3.58. The van der Waals surface area contributed by atoms with Crippen molar-refractivity contribution in [3.8, 4) is 0 Å². The summed E-state index contributed by atoms with van der Waals surface area (Å²) >= 11 is 3.50. The summed E-state index contributed by atoms with van der Waals surface area (Å²) in [6.45, 7) is 4.43. The fourth-order valence-electron chi connectivity index (χ4n) is 1.14. The van der Waals surface area contributed by atoms with Gasteiger partial charge in [0.2, 0.25) is 0 Å². The summed E-state index contributed by atoms with van der Waals surface area (Å²) in [7, 11) is 0. The minimum absolute atomic E-state index is 0.619.